The normalized spacial score (nSPS) is 26.0. The van der Waals surface area contributed by atoms with Gasteiger partial charge in [-0.1, -0.05) is 0 Å². The number of nitrogens with one attached hydrogen (secondary N) is 2. The lowest BCUT2D eigenvalue weighted by molar-refractivity contribution is -0.121. The molecule has 21 heavy (non-hydrogen) atoms. The molecule has 2 rings (SSSR count). The van der Waals surface area contributed by atoms with E-state index in [2.05, 4.69) is 29.4 Å². The SMILES string of the molecule is CC(C)N1CCCC(CNC(=O)CC2CCCN2)C1.Cl.Cl. The number of hydrogen-bond donors (Lipinski definition) is 2. The molecular formula is C15H31Cl2N3O. The van der Waals surface area contributed by atoms with Crippen molar-refractivity contribution in [3.8, 4) is 0 Å². The molecule has 2 aliphatic heterocycles. The van der Waals surface area contributed by atoms with Crippen LogP contribution in [0.2, 0.25) is 0 Å². The molecule has 0 aromatic heterocycles. The molecule has 2 heterocycles. The smallest absolute Gasteiger partial charge is 0.221 e. The van der Waals surface area contributed by atoms with Gasteiger partial charge >= 0.3 is 0 Å². The van der Waals surface area contributed by atoms with Crippen molar-refractivity contribution in [2.45, 2.75) is 58.0 Å². The van der Waals surface area contributed by atoms with Gasteiger partial charge in [0.05, 0.1) is 0 Å². The Balaban J connectivity index is 0.00000200. The summed E-state index contributed by atoms with van der Waals surface area (Å²) in [5, 5.41) is 6.51. The summed E-state index contributed by atoms with van der Waals surface area (Å²) in [6.07, 6.45) is 5.54. The minimum atomic E-state index is 0. The summed E-state index contributed by atoms with van der Waals surface area (Å²) >= 11 is 0. The maximum atomic E-state index is 11.9. The summed E-state index contributed by atoms with van der Waals surface area (Å²) in [4.78, 5) is 14.4. The Morgan fingerprint density at radius 1 is 1.29 bits per heavy atom. The fourth-order valence-electron chi connectivity index (χ4n) is 3.22. The van der Waals surface area contributed by atoms with Crippen molar-refractivity contribution < 1.29 is 4.79 Å². The summed E-state index contributed by atoms with van der Waals surface area (Å²) in [6, 6.07) is 1.04. The predicted molar refractivity (Wildman–Crippen MR) is 92.6 cm³/mol. The molecule has 0 radical (unpaired) electrons. The molecule has 2 fully saturated rings. The van der Waals surface area contributed by atoms with Crippen molar-refractivity contribution in [3.05, 3.63) is 0 Å². The third-order valence-corrected chi connectivity index (χ3v) is 4.46. The Morgan fingerprint density at radius 3 is 2.67 bits per heavy atom. The maximum Gasteiger partial charge on any atom is 0.221 e. The third-order valence-electron chi connectivity index (χ3n) is 4.46. The van der Waals surface area contributed by atoms with Crippen molar-refractivity contribution in [1.82, 2.24) is 15.5 Å². The van der Waals surface area contributed by atoms with Gasteiger partial charge in [0.15, 0.2) is 0 Å². The summed E-state index contributed by atoms with van der Waals surface area (Å²) in [5.41, 5.74) is 0. The molecule has 126 valence electrons. The summed E-state index contributed by atoms with van der Waals surface area (Å²) in [6.45, 7) is 8.80. The molecule has 0 aromatic carbocycles. The highest BCUT2D eigenvalue weighted by molar-refractivity contribution is 5.85. The van der Waals surface area contributed by atoms with Crippen LogP contribution in [0.1, 0.15) is 46.0 Å². The second-order valence-electron chi connectivity index (χ2n) is 6.40. The number of amides is 1. The van der Waals surface area contributed by atoms with Gasteiger partial charge in [0.25, 0.3) is 0 Å². The van der Waals surface area contributed by atoms with Gasteiger partial charge in [0.2, 0.25) is 5.91 Å². The predicted octanol–water partition coefficient (Wildman–Crippen LogP) is 2.21. The largest absolute Gasteiger partial charge is 0.356 e. The number of halogens is 2. The Bertz CT molecular complexity index is 297. The number of piperidine rings is 1. The minimum absolute atomic E-state index is 0. The molecule has 1 amide bonds. The zero-order chi connectivity index (χ0) is 13.7. The van der Waals surface area contributed by atoms with Crippen LogP contribution in [-0.2, 0) is 4.79 Å². The van der Waals surface area contributed by atoms with E-state index in [4.69, 9.17) is 0 Å². The van der Waals surface area contributed by atoms with Crippen LogP contribution in [0.4, 0.5) is 0 Å². The first-order valence-electron chi connectivity index (χ1n) is 7.89. The van der Waals surface area contributed by atoms with E-state index in [1.807, 2.05) is 0 Å². The molecule has 4 nitrogen and oxygen atoms in total. The highest BCUT2D eigenvalue weighted by Gasteiger charge is 2.23. The lowest BCUT2D eigenvalue weighted by atomic mass is 9.97. The van der Waals surface area contributed by atoms with E-state index < -0.39 is 0 Å². The Morgan fingerprint density at radius 2 is 2.05 bits per heavy atom. The van der Waals surface area contributed by atoms with Gasteiger partial charge < -0.3 is 15.5 Å². The van der Waals surface area contributed by atoms with Crippen molar-refractivity contribution in [2.75, 3.05) is 26.2 Å². The standard InChI is InChI=1S/C15H29N3O.2ClH/c1-12(2)18-8-4-5-13(11-18)10-17-15(19)9-14-6-3-7-16-14;;/h12-14,16H,3-11H2,1-2H3,(H,17,19);2*1H. The van der Waals surface area contributed by atoms with Crippen LogP contribution in [0, 0.1) is 5.92 Å². The quantitative estimate of drug-likeness (QED) is 0.807. The molecule has 0 spiro atoms. The maximum absolute atomic E-state index is 11.9. The van der Waals surface area contributed by atoms with Crippen molar-refractivity contribution in [3.63, 3.8) is 0 Å². The number of nitrogens with zero attached hydrogens (tertiary/aromatic N) is 1. The van der Waals surface area contributed by atoms with Crippen LogP contribution in [0.25, 0.3) is 0 Å². The van der Waals surface area contributed by atoms with E-state index in [9.17, 15) is 4.79 Å². The fraction of sp³-hybridized carbons (Fsp3) is 0.933. The van der Waals surface area contributed by atoms with Gasteiger partial charge in [-0.2, -0.15) is 0 Å². The number of hydrogen-bond acceptors (Lipinski definition) is 3. The molecule has 0 aliphatic carbocycles. The molecule has 2 saturated heterocycles. The number of rotatable bonds is 5. The Kier molecular flexibility index (Phi) is 10.6. The molecule has 2 unspecified atom stereocenters. The van der Waals surface area contributed by atoms with Crippen LogP contribution >= 0.6 is 24.8 Å². The van der Waals surface area contributed by atoms with Crippen LogP contribution < -0.4 is 10.6 Å². The van der Waals surface area contributed by atoms with Crippen LogP contribution in [0.5, 0.6) is 0 Å². The first-order valence-corrected chi connectivity index (χ1v) is 7.89. The summed E-state index contributed by atoms with van der Waals surface area (Å²) < 4.78 is 0. The first-order chi connectivity index (χ1) is 9.15. The van der Waals surface area contributed by atoms with E-state index in [-0.39, 0.29) is 30.7 Å². The zero-order valence-corrected chi connectivity index (χ0v) is 14.9. The van der Waals surface area contributed by atoms with Gasteiger partial charge in [-0.3, -0.25) is 4.79 Å². The van der Waals surface area contributed by atoms with Gasteiger partial charge in [-0.25, -0.2) is 0 Å². The highest BCUT2D eigenvalue weighted by Crippen LogP contribution is 2.17. The molecule has 0 aromatic rings. The molecular weight excluding hydrogens is 309 g/mol. The number of carbonyl (C=O) groups excluding carboxylic acids is 1. The average Bonchev–Trinajstić information content (AvgIpc) is 2.89. The molecule has 6 heteroatoms. The fourth-order valence-corrected chi connectivity index (χ4v) is 3.22. The van der Waals surface area contributed by atoms with E-state index in [1.165, 1.54) is 25.8 Å². The van der Waals surface area contributed by atoms with Gasteiger partial charge in [0.1, 0.15) is 0 Å². The topological polar surface area (TPSA) is 44.4 Å². The monoisotopic (exact) mass is 339 g/mol. The number of carbonyl (C=O) groups is 1. The van der Waals surface area contributed by atoms with Crippen molar-refractivity contribution >= 4 is 30.7 Å². The van der Waals surface area contributed by atoms with Crippen LogP contribution in [0.15, 0.2) is 0 Å². The summed E-state index contributed by atoms with van der Waals surface area (Å²) in [5.74, 6) is 0.859. The lowest BCUT2D eigenvalue weighted by Crippen LogP contribution is -2.44. The number of likely N-dealkylation sites (tertiary alicyclic amines) is 1. The second kappa shape index (κ2) is 10.7. The van der Waals surface area contributed by atoms with Crippen LogP contribution in [0.3, 0.4) is 0 Å². The first kappa shape index (κ1) is 21.0. The van der Waals surface area contributed by atoms with Crippen molar-refractivity contribution in [2.24, 2.45) is 5.92 Å². The Labute approximate surface area is 141 Å². The molecule has 2 atom stereocenters. The van der Waals surface area contributed by atoms with E-state index in [1.54, 1.807) is 0 Å². The highest BCUT2D eigenvalue weighted by atomic mass is 35.5. The van der Waals surface area contributed by atoms with E-state index in [0.717, 1.165) is 26.1 Å². The van der Waals surface area contributed by atoms with Gasteiger partial charge in [-0.15, -0.1) is 24.8 Å². The summed E-state index contributed by atoms with van der Waals surface area (Å²) in [7, 11) is 0. The second-order valence-corrected chi connectivity index (χ2v) is 6.40. The molecule has 2 N–H and O–H groups in total. The zero-order valence-electron chi connectivity index (χ0n) is 13.3. The van der Waals surface area contributed by atoms with Crippen LogP contribution in [-0.4, -0.2) is 49.1 Å². The third kappa shape index (κ3) is 7.18. The van der Waals surface area contributed by atoms with Gasteiger partial charge in [-0.05, 0) is 58.5 Å². The van der Waals surface area contributed by atoms with E-state index in [0.29, 0.717) is 24.4 Å². The van der Waals surface area contributed by atoms with E-state index >= 15 is 0 Å². The Hall–Kier alpha value is -0.0300. The lowest BCUT2D eigenvalue weighted by Gasteiger charge is -2.35. The molecule has 0 bridgehead atoms. The molecule has 2 aliphatic rings. The minimum Gasteiger partial charge on any atom is -0.356 e. The van der Waals surface area contributed by atoms with Crippen molar-refractivity contribution in [1.29, 1.82) is 0 Å². The average molecular weight is 340 g/mol. The molecule has 0 saturated carbocycles. The van der Waals surface area contributed by atoms with Gasteiger partial charge in [0, 0.05) is 31.6 Å².